The van der Waals surface area contributed by atoms with Crippen LogP contribution in [0.5, 0.6) is 0 Å². The molecule has 0 heterocycles. The average Bonchev–Trinajstić information content (AvgIpc) is 2.41. The van der Waals surface area contributed by atoms with E-state index >= 15 is 0 Å². The van der Waals surface area contributed by atoms with E-state index < -0.39 is 0 Å². The molecular formula is C14H21N3O2. The van der Waals surface area contributed by atoms with E-state index in [0.717, 1.165) is 5.56 Å². The van der Waals surface area contributed by atoms with E-state index in [1.165, 1.54) is 0 Å². The molecular weight excluding hydrogens is 242 g/mol. The zero-order valence-corrected chi connectivity index (χ0v) is 11.6. The van der Waals surface area contributed by atoms with Gasteiger partial charge >= 0.3 is 0 Å². The Kier molecular flexibility index (Phi) is 5.51. The molecule has 0 fully saturated rings. The number of hydrogen-bond acceptors (Lipinski definition) is 3. The number of hydrogen-bond donors (Lipinski definition) is 3. The third kappa shape index (κ3) is 3.79. The van der Waals surface area contributed by atoms with Crippen LogP contribution in [-0.4, -0.2) is 25.4 Å². The third-order valence-electron chi connectivity index (χ3n) is 3.12. The van der Waals surface area contributed by atoms with Gasteiger partial charge in [0.25, 0.3) is 5.91 Å². The standard InChI is InChI=1S/C14H21N3O2/c1-4-10(8-15)14(19)17-12-6-5-11(7-9(12)2)13(18)16-3/h5-7,10H,4,8,15H2,1-3H3,(H,16,18)(H,17,19). The summed E-state index contributed by atoms with van der Waals surface area (Å²) in [6.45, 7) is 4.11. The normalized spacial score (nSPS) is 11.8. The molecule has 1 atom stereocenters. The molecule has 19 heavy (non-hydrogen) atoms. The largest absolute Gasteiger partial charge is 0.355 e. The number of benzene rings is 1. The van der Waals surface area contributed by atoms with Crippen molar-refractivity contribution in [3.05, 3.63) is 29.3 Å². The minimum absolute atomic E-state index is 0.0826. The van der Waals surface area contributed by atoms with Gasteiger partial charge in [0, 0.05) is 24.8 Å². The van der Waals surface area contributed by atoms with E-state index in [9.17, 15) is 9.59 Å². The lowest BCUT2D eigenvalue weighted by molar-refractivity contribution is -0.119. The highest BCUT2D eigenvalue weighted by Crippen LogP contribution is 2.18. The van der Waals surface area contributed by atoms with Gasteiger partial charge in [-0.3, -0.25) is 9.59 Å². The second kappa shape index (κ2) is 6.89. The Balaban J connectivity index is 2.86. The van der Waals surface area contributed by atoms with Crippen LogP contribution in [0.2, 0.25) is 0 Å². The maximum Gasteiger partial charge on any atom is 0.251 e. The van der Waals surface area contributed by atoms with Crippen molar-refractivity contribution in [2.75, 3.05) is 18.9 Å². The van der Waals surface area contributed by atoms with Crippen molar-refractivity contribution >= 4 is 17.5 Å². The number of nitrogens with one attached hydrogen (secondary N) is 2. The van der Waals surface area contributed by atoms with E-state index in [2.05, 4.69) is 10.6 Å². The summed E-state index contributed by atoms with van der Waals surface area (Å²) in [5.41, 5.74) is 7.68. The highest BCUT2D eigenvalue weighted by atomic mass is 16.2. The molecule has 0 saturated carbocycles. The molecule has 1 unspecified atom stereocenters. The van der Waals surface area contributed by atoms with Gasteiger partial charge in [-0.1, -0.05) is 6.92 Å². The zero-order chi connectivity index (χ0) is 14.4. The van der Waals surface area contributed by atoms with Crippen LogP contribution in [-0.2, 0) is 4.79 Å². The molecule has 1 rings (SSSR count). The molecule has 0 aliphatic heterocycles. The van der Waals surface area contributed by atoms with Gasteiger partial charge in [0.1, 0.15) is 0 Å². The fraction of sp³-hybridized carbons (Fsp3) is 0.429. The molecule has 4 N–H and O–H groups in total. The molecule has 0 bridgehead atoms. The highest BCUT2D eigenvalue weighted by molar-refractivity contribution is 5.97. The Morgan fingerprint density at radius 2 is 2.05 bits per heavy atom. The lowest BCUT2D eigenvalue weighted by Crippen LogP contribution is -2.29. The molecule has 0 spiro atoms. The Morgan fingerprint density at radius 3 is 2.53 bits per heavy atom. The van der Waals surface area contributed by atoms with E-state index in [1.807, 2.05) is 13.8 Å². The summed E-state index contributed by atoms with van der Waals surface area (Å²) in [6, 6.07) is 5.17. The molecule has 0 saturated heterocycles. The summed E-state index contributed by atoms with van der Waals surface area (Å²) in [4.78, 5) is 23.4. The first kappa shape index (κ1) is 15.2. The third-order valence-corrected chi connectivity index (χ3v) is 3.12. The predicted molar refractivity (Wildman–Crippen MR) is 76.0 cm³/mol. The first-order chi connectivity index (χ1) is 9.03. The van der Waals surface area contributed by atoms with Gasteiger partial charge < -0.3 is 16.4 Å². The summed E-state index contributed by atoms with van der Waals surface area (Å²) in [6.07, 6.45) is 0.706. The first-order valence-corrected chi connectivity index (χ1v) is 6.37. The van der Waals surface area contributed by atoms with Crippen LogP contribution in [0, 0.1) is 12.8 Å². The molecule has 0 radical (unpaired) electrons. The SMILES string of the molecule is CCC(CN)C(=O)Nc1ccc(C(=O)NC)cc1C. The van der Waals surface area contributed by atoms with Crippen molar-refractivity contribution < 1.29 is 9.59 Å². The topological polar surface area (TPSA) is 84.2 Å². The van der Waals surface area contributed by atoms with Crippen molar-refractivity contribution in [3.63, 3.8) is 0 Å². The molecule has 0 aromatic heterocycles. The first-order valence-electron chi connectivity index (χ1n) is 6.37. The number of rotatable bonds is 5. The second-order valence-corrected chi connectivity index (χ2v) is 4.44. The molecule has 5 nitrogen and oxygen atoms in total. The van der Waals surface area contributed by atoms with Crippen molar-refractivity contribution in [1.82, 2.24) is 5.32 Å². The van der Waals surface area contributed by atoms with E-state index in [4.69, 9.17) is 5.73 Å². The Morgan fingerprint density at radius 1 is 1.37 bits per heavy atom. The van der Waals surface area contributed by atoms with Gasteiger partial charge in [-0.25, -0.2) is 0 Å². The van der Waals surface area contributed by atoms with Crippen LogP contribution in [0.15, 0.2) is 18.2 Å². The Hall–Kier alpha value is -1.88. The van der Waals surface area contributed by atoms with E-state index in [0.29, 0.717) is 24.2 Å². The second-order valence-electron chi connectivity index (χ2n) is 4.44. The maximum absolute atomic E-state index is 11.9. The van der Waals surface area contributed by atoms with Crippen LogP contribution in [0.25, 0.3) is 0 Å². The van der Waals surface area contributed by atoms with Gasteiger partial charge in [0.05, 0.1) is 5.92 Å². The van der Waals surface area contributed by atoms with Crippen LogP contribution >= 0.6 is 0 Å². The number of carbonyl (C=O) groups excluding carboxylic acids is 2. The van der Waals surface area contributed by atoms with Gasteiger partial charge in [-0.05, 0) is 37.1 Å². The summed E-state index contributed by atoms with van der Waals surface area (Å²) < 4.78 is 0. The minimum atomic E-state index is -0.182. The van der Waals surface area contributed by atoms with Gasteiger partial charge in [-0.2, -0.15) is 0 Å². The van der Waals surface area contributed by atoms with Gasteiger partial charge in [0.15, 0.2) is 0 Å². The number of aryl methyl sites for hydroxylation is 1. The Bertz CT molecular complexity index is 468. The lowest BCUT2D eigenvalue weighted by atomic mass is 10.0. The van der Waals surface area contributed by atoms with E-state index in [-0.39, 0.29) is 17.7 Å². The fourth-order valence-electron chi connectivity index (χ4n) is 1.78. The number of nitrogens with two attached hydrogens (primary N) is 1. The number of carbonyl (C=O) groups is 2. The van der Waals surface area contributed by atoms with Crippen LogP contribution in [0.3, 0.4) is 0 Å². The van der Waals surface area contributed by atoms with Crippen molar-refractivity contribution in [3.8, 4) is 0 Å². The van der Waals surface area contributed by atoms with Crippen LogP contribution in [0.1, 0.15) is 29.3 Å². The lowest BCUT2D eigenvalue weighted by Gasteiger charge is -2.14. The summed E-state index contributed by atoms with van der Waals surface area (Å²) in [5.74, 6) is -0.409. The van der Waals surface area contributed by atoms with Gasteiger partial charge in [-0.15, -0.1) is 0 Å². The molecule has 1 aromatic carbocycles. The molecule has 1 aromatic rings. The number of anilines is 1. The summed E-state index contributed by atoms with van der Waals surface area (Å²) >= 11 is 0. The minimum Gasteiger partial charge on any atom is -0.355 e. The number of amides is 2. The molecule has 5 heteroatoms. The molecule has 0 aliphatic rings. The van der Waals surface area contributed by atoms with Crippen molar-refractivity contribution in [2.45, 2.75) is 20.3 Å². The van der Waals surface area contributed by atoms with E-state index in [1.54, 1.807) is 25.2 Å². The summed E-state index contributed by atoms with van der Waals surface area (Å²) in [7, 11) is 1.58. The fourth-order valence-corrected chi connectivity index (χ4v) is 1.78. The summed E-state index contributed by atoms with van der Waals surface area (Å²) in [5, 5.41) is 5.41. The quantitative estimate of drug-likeness (QED) is 0.748. The Labute approximate surface area is 113 Å². The van der Waals surface area contributed by atoms with Crippen molar-refractivity contribution in [1.29, 1.82) is 0 Å². The molecule has 2 amide bonds. The maximum atomic E-state index is 11.9. The molecule has 0 aliphatic carbocycles. The van der Waals surface area contributed by atoms with Crippen LogP contribution < -0.4 is 16.4 Å². The smallest absolute Gasteiger partial charge is 0.251 e. The predicted octanol–water partition coefficient (Wildman–Crippen LogP) is 1.28. The average molecular weight is 263 g/mol. The highest BCUT2D eigenvalue weighted by Gasteiger charge is 2.15. The van der Waals surface area contributed by atoms with Crippen molar-refractivity contribution in [2.24, 2.45) is 11.7 Å². The molecule has 104 valence electrons. The van der Waals surface area contributed by atoms with Gasteiger partial charge in [0.2, 0.25) is 5.91 Å². The zero-order valence-electron chi connectivity index (χ0n) is 11.6. The van der Waals surface area contributed by atoms with Crippen LogP contribution in [0.4, 0.5) is 5.69 Å². The monoisotopic (exact) mass is 263 g/mol.